The summed E-state index contributed by atoms with van der Waals surface area (Å²) in [6.07, 6.45) is 0. The second kappa shape index (κ2) is 9.00. The first-order valence-electron chi connectivity index (χ1n) is 8.98. The molecule has 0 bridgehead atoms. The SMILES string of the molecule is COc1cc([C@H]2NC(=O)NC(c3ccccc3)=C2C(C)=O)c(Br)cc1OCC(N)=O. The zero-order valence-corrected chi connectivity index (χ0v) is 17.9. The number of carbonyl (C=O) groups excluding carboxylic acids is 3. The zero-order chi connectivity index (χ0) is 21.8. The van der Waals surface area contributed by atoms with Crippen LogP contribution in [-0.4, -0.2) is 31.4 Å². The molecule has 1 heterocycles. The fourth-order valence-corrected chi connectivity index (χ4v) is 3.75. The molecule has 0 radical (unpaired) electrons. The van der Waals surface area contributed by atoms with Crippen LogP contribution in [0.25, 0.3) is 5.70 Å². The number of nitrogens with two attached hydrogens (primary N) is 1. The van der Waals surface area contributed by atoms with Gasteiger partial charge in [-0.25, -0.2) is 4.79 Å². The minimum absolute atomic E-state index is 0.203. The number of Topliss-reactive ketones (excluding diaryl/α,β-unsaturated/α-hetero) is 1. The highest BCUT2D eigenvalue weighted by atomic mass is 79.9. The van der Waals surface area contributed by atoms with Crippen molar-refractivity contribution in [2.75, 3.05) is 13.7 Å². The van der Waals surface area contributed by atoms with Crippen molar-refractivity contribution in [3.63, 3.8) is 0 Å². The van der Waals surface area contributed by atoms with E-state index in [1.54, 1.807) is 12.1 Å². The first-order chi connectivity index (χ1) is 14.3. The summed E-state index contributed by atoms with van der Waals surface area (Å²) < 4.78 is 11.3. The van der Waals surface area contributed by atoms with Crippen molar-refractivity contribution < 1.29 is 23.9 Å². The Morgan fingerprint density at radius 3 is 2.47 bits per heavy atom. The molecule has 156 valence electrons. The molecule has 1 atom stereocenters. The Labute approximate surface area is 181 Å². The van der Waals surface area contributed by atoms with Crippen molar-refractivity contribution in [2.45, 2.75) is 13.0 Å². The Bertz CT molecular complexity index is 1040. The van der Waals surface area contributed by atoms with E-state index in [1.165, 1.54) is 14.0 Å². The summed E-state index contributed by atoms with van der Waals surface area (Å²) >= 11 is 3.47. The number of ketones is 1. The fraction of sp³-hybridized carbons (Fsp3) is 0.190. The van der Waals surface area contributed by atoms with Gasteiger partial charge in [-0.15, -0.1) is 0 Å². The summed E-state index contributed by atoms with van der Waals surface area (Å²) in [7, 11) is 1.45. The molecule has 1 aliphatic rings. The van der Waals surface area contributed by atoms with Crippen LogP contribution >= 0.6 is 15.9 Å². The molecule has 4 N–H and O–H groups in total. The van der Waals surface area contributed by atoms with Crippen LogP contribution in [0.5, 0.6) is 11.5 Å². The molecular weight excluding hydrogens is 454 g/mol. The maximum absolute atomic E-state index is 12.6. The van der Waals surface area contributed by atoms with Gasteiger partial charge in [0.05, 0.1) is 18.8 Å². The number of urea groups is 1. The lowest BCUT2D eigenvalue weighted by Gasteiger charge is -2.30. The predicted molar refractivity (Wildman–Crippen MR) is 114 cm³/mol. The standard InChI is InChI=1S/C21H20BrN3O5/c1-11(26)18-19(12-6-4-3-5-7-12)24-21(28)25-20(18)13-8-15(29-2)16(9-14(13)22)30-10-17(23)27/h3-9,20H,10H2,1-2H3,(H2,23,27)(H2,24,25,28)/t20-/m1/s1. The van der Waals surface area contributed by atoms with E-state index in [-0.39, 0.29) is 12.4 Å². The molecule has 9 heteroatoms. The number of amides is 3. The van der Waals surface area contributed by atoms with Crippen molar-refractivity contribution in [1.82, 2.24) is 10.6 Å². The maximum Gasteiger partial charge on any atom is 0.320 e. The third kappa shape index (κ3) is 4.46. The molecule has 2 aromatic carbocycles. The molecule has 0 spiro atoms. The average molecular weight is 474 g/mol. The van der Waals surface area contributed by atoms with Gasteiger partial charge < -0.3 is 25.8 Å². The van der Waals surface area contributed by atoms with Crippen LogP contribution in [0.3, 0.4) is 0 Å². The van der Waals surface area contributed by atoms with Crippen LogP contribution in [0, 0.1) is 0 Å². The van der Waals surface area contributed by atoms with Gasteiger partial charge in [0, 0.05) is 10.0 Å². The summed E-state index contributed by atoms with van der Waals surface area (Å²) in [4.78, 5) is 36.1. The van der Waals surface area contributed by atoms with E-state index in [0.717, 1.165) is 0 Å². The van der Waals surface area contributed by atoms with Crippen molar-refractivity contribution >= 4 is 39.3 Å². The van der Waals surface area contributed by atoms with E-state index in [2.05, 4.69) is 26.6 Å². The second-order valence-electron chi connectivity index (χ2n) is 6.52. The smallest absolute Gasteiger partial charge is 0.320 e. The van der Waals surface area contributed by atoms with Gasteiger partial charge in [0.2, 0.25) is 0 Å². The maximum atomic E-state index is 12.6. The Hall–Kier alpha value is -3.33. The molecule has 0 aromatic heterocycles. The highest BCUT2D eigenvalue weighted by Crippen LogP contribution is 2.40. The van der Waals surface area contributed by atoms with E-state index < -0.39 is 18.0 Å². The highest BCUT2D eigenvalue weighted by Gasteiger charge is 2.33. The van der Waals surface area contributed by atoms with E-state index in [1.807, 2.05) is 30.3 Å². The van der Waals surface area contributed by atoms with Crippen LogP contribution in [0.1, 0.15) is 24.1 Å². The number of rotatable bonds is 7. The fourth-order valence-electron chi connectivity index (χ4n) is 3.20. The van der Waals surface area contributed by atoms with Crippen LogP contribution in [0.4, 0.5) is 4.79 Å². The largest absolute Gasteiger partial charge is 0.493 e. The van der Waals surface area contributed by atoms with Gasteiger partial charge in [-0.3, -0.25) is 9.59 Å². The van der Waals surface area contributed by atoms with E-state index in [4.69, 9.17) is 15.2 Å². The number of hydrogen-bond donors (Lipinski definition) is 3. The van der Waals surface area contributed by atoms with Crippen molar-refractivity contribution in [1.29, 1.82) is 0 Å². The van der Waals surface area contributed by atoms with Gasteiger partial charge >= 0.3 is 6.03 Å². The molecule has 30 heavy (non-hydrogen) atoms. The molecule has 3 rings (SSSR count). The molecule has 3 amide bonds. The number of methoxy groups -OCH3 is 1. The molecule has 0 fully saturated rings. The van der Waals surface area contributed by atoms with Gasteiger partial charge in [-0.2, -0.15) is 0 Å². The molecule has 2 aromatic rings. The third-order valence-corrected chi connectivity index (χ3v) is 5.16. The van der Waals surface area contributed by atoms with E-state index in [0.29, 0.717) is 38.4 Å². The minimum Gasteiger partial charge on any atom is -0.493 e. The van der Waals surface area contributed by atoms with Gasteiger partial charge in [-0.05, 0) is 30.2 Å². The first kappa shape index (κ1) is 21.4. The predicted octanol–water partition coefficient (Wildman–Crippen LogP) is 2.68. The summed E-state index contributed by atoms with van der Waals surface area (Å²) in [6.45, 7) is 1.13. The summed E-state index contributed by atoms with van der Waals surface area (Å²) in [6, 6.07) is 11.2. The van der Waals surface area contributed by atoms with Crippen LogP contribution in [-0.2, 0) is 9.59 Å². The molecule has 0 saturated heterocycles. The Balaban J connectivity index is 2.14. The number of benzene rings is 2. The molecule has 0 unspecified atom stereocenters. The molecule has 8 nitrogen and oxygen atoms in total. The summed E-state index contributed by atoms with van der Waals surface area (Å²) in [5.74, 6) is -0.210. The Kier molecular flexibility index (Phi) is 6.41. The molecule has 0 aliphatic carbocycles. The lowest BCUT2D eigenvalue weighted by atomic mass is 9.90. The third-order valence-electron chi connectivity index (χ3n) is 4.48. The number of hydrogen-bond acceptors (Lipinski definition) is 5. The Morgan fingerprint density at radius 1 is 1.17 bits per heavy atom. The van der Waals surface area contributed by atoms with Crippen LogP contribution in [0.15, 0.2) is 52.5 Å². The monoisotopic (exact) mass is 473 g/mol. The van der Waals surface area contributed by atoms with Crippen molar-refractivity contribution in [2.24, 2.45) is 5.73 Å². The van der Waals surface area contributed by atoms with Crippen LogP contribution in [0.2, 0.25) is 0 Å². The number of ether oxygens (including phenoxy) is 2. The van der Waals surface area contributed by atoms with Gasteiger partial charge in [0.15, 0.2) is 23.9 Å². The zero-order valence-electron chi connectivity index (χ0n) is 16.3. The quantitative estimate of drug-likeness (QED) is 0.570. The lowest BCUT2D eigenvalue weighted by Crippen LogP contribution is -2.44. The van der Waals surface area contributed by atoms with Gasteiger partial charge in [-0.1, -0.05) is 46.3 Å². The average Bonchev–Trinajstić information content (AvgIpc) is 2.72. The number of primary amides is 1. The van der Waals surface area contributed by atoms with E-state index >= 15 is 0 Å². The van der Waals surface area contributed by atoms with Crippen LogP contribution < -0.4 is 25.8 Å². The number of carbonyl (C=O) groups is 3. The lowest BCUT2D eigenvalue weighted by molar-refractivity contribution is -0.120. The summed E-state index contributed by atoms with van der Waals surface area (Å²) in [5.41, 5.74) is 7.28. The topological polar surface area (TPSA) is 120 Å². The summed E-state index contributed by atoms with van der Waals surface area (Å²) in [5, 5.41) is 5.54. The van der Waals surface area contributed by atoms with Gasteiger partial charge in [0.25, 0.3) is 5.91 Å². The van der Waals surface area contributed by atoms with E-state index in [9.17, 15) is 14.4 Å². The number of halogens is 1. The normalized spacial score (nSPS) is 15.8. The first-order valence-corrected chi connectivity index (χ1v) is 9.77. The highest BCUT2D eigenvalue weighted by molar-refractivity contribution is 9.10. The number of nitrogens with one attached hydrogen (secondary N) is 2. The molecule has 1 aliphatic heterocycles. The van der Waals surface area contributed by atoms with Crippen molar-refractivity contribution in [3.05, 3.63) is 63.6 Å². The Morgan fingerprint density at radius 2 is 1.87 bits per heavy atom. The molecule has 0 saturated carbocycles. The second-order valence-corrected chi connectivity index (χ2v) is 7.38. The van der Waals surface area contributed by atoms with Crippen molar-refractivity contribution in [3.8, 4) is 11.5 Å². The minimum atomic E-state index is -0.736. The van der Waals surface area contributed by atoms with Gasteiger partial charge in [0.1, 0.15) is 0 Å². The molecular formula is C21H20BrN3O5.